The number of fused-ring (bicyclic) bond motifs is 6. The fraction of sp³-hybridized carbons (Fsp3) is 0.250. The predicted octanol–water partition coefficient (Wildman–Crippen LogP) is 18.7. The van der Waals surface area contributed by atoms with Gasteiger partial charge in [0.15, 0.2) is 0 Å². The number of hydrogen-bond donors (Lipinski definition) is 0. The van der Waals surface area contributed by atoms with Crippen molar-refractivity contribution in [3.05, 3.63) is 226 Å². The van der Waals surface area contributed by atoms with Crippen molar-refractivity contribution in [3.63, 3.8) is 0 Å². The summed E-state index contributed by atoms with van der Waals surface area (Å²) in [6.07, 6.45) is 2.07. The molecule has 0 amide bonds. The maximum atomic E-state index is 3.67. The summed E-state index contributed by atoms with van der Waals surface area (Å²) in [5, 5.41) is 0. The Bertz CT molecular complexity index is 2620. The third kappa shape index (κ3) is 19.9. The minimum absolute atomic E-state index is 0. The minimum atomic E-state index is 0. The van der Waals surface area contributed by atoms with E-state index in [1.807, 2.05) is 18.2 Å². The van der Waals surface area contributed by atoms with E-state index in [2.05, 4.69) is 247 Å². The van der Waals surface area contributed by atoms with Gasteiger partial charge in [-0.05, 0) is 34.8 Å². The molecule has 0 nitrogen and oxygen atoms in total. The maximum absolute atomic E-state index is 3.67. The van der Waals surface area contributed by atoms with Crippen molar-refractivity contribution in [2.75, 3.05) is 0 Å². The molecule has 8 aromatic carbocycles. The molecule has 0 atom stereocenters. The van der Waals surface area contributed by atoms with Crippen LogP contribution in [0.4, 0.5) is 0 Å². The van der Waals surface area contributed by atoms with Crippen LogP contribution < -0.4 is 0 Å². The molecule has 8 aromatic rings. The van der Waals surface area contributed by atoms with Crippen LogP contribution in [0.1, 0.15) is 114 Å². The van der Waals surface area contributed by atoms with Crippen molar-refractivity contribution in [1.82, 2.24) is 0 Å². The molecule has 364 valence electrons. The molecule has 0 N–H and O–H groups in total. The van der Waals surface area contributed by atoms with Gasteiger partial charge in [0.05, 0.1) is 0 Å². The van der Waals surface area contributed by atoms with Gasteiger partial charge in [0.2, 0.25) is 0 Å². The van der Waals surface area contributed by atoms with Crippen LogP contribution in [0.15, 0.2) is 170 Å². The third-order valence-electron chi connectivity index (χ3n) is 11.1. The molecule has 10 rings (SSSR count). The first kappa shape index (κ1) is 64.7. The largest absolute Gasteiger partial charge is 0.203 e. The fourth-order valence-corrected chi connectivity index (χ4v) is 7.77. The van der Waals surface area contributed by atoms with Gasteiger partial charge < -0.3 is 0 Å². The zero-order valence-electron chi connectivity index (χ0n) is 43.2. The van der Waals surface area contributed by atoms with Crippen molar-refractivity contribution in [2.24, 2.45) is 0 Å². The van der Waals surface area contributed by atoms with E-state index in [1.165, 1.54) is 95.4 Å². The molecular weight excluding hydrogens is 1090 g/mol. The van der Waals surface area contributed by atoms with Gasteiger partial charge in [0, 0.05) is 0 Å². The molecule has 0 aromatic heterocycles. The molecule has 2 aliphatic rings. The zero-order valence-corrected chi connectivity index (χ0v) is 51.4. The van der Waals surface area contributed by atoms with Gasteiger partial charge in [-0.1, -0.05) is 186 Å². The van der Waals surface area contributed by atoms with Gasteiger partial charge in [-0.3, -0.25) is 0 Å². The summed E-state index contributed by atoms with van der Waals surface area (Å²) in [7, 11) is 0. The molecule has 70 heavy (non-hydrogen) atoms. The van der Waals surface area contributed by atoms with E-state index in [-0.39, 0.29) is 60.5 Å². The first-order chi connectivity index (χ1) is 31.3. The third-order valence-corrected chi connectivity index (χ3v) is 11.1. The fourth-order valence-electron chi connectivity index (χ4n) is 7.77. The van der Waals surface area contributed by atoms with Gasteiger partial charge in [0.25, 0.3) is 0 Å². The van der Waals surface area contributed by atoms with Gasteiger partial charge >= 0.3 is 82.6 Å². The van der Waals surface area contributed by atoms with Crippen LogP contribution in [0, 0.1) is 26.0 Å². The summed E-state index contributed by atoms with van der Waals surface area (Å²) in [4.78, 5) is 0. The minimum Gasteiger partial charge on any atom is -0.203 e. The molecule has 0 bridgehead atoms. The van der Waals surface area contributed by atoms with Crippen LogP contribution in [0.2, 0.25) is 0 Å². The maximum Gasteiger partial charge on any atom is -0.0253 e. The van der Waals surface area contributed by atoms with Gasteiger partial charge in [-0.15, -0.1) is 66.3 Å². The van der Waals surface area contributed by atoms with Crippen LogP contribution >= 0.6 is 49.6 Å². The Balaban J connectivity index is 0.000000445. The van der Waals surface area contributed by atoms with Crippen molar-refractivity contribution in [1.29, 1.82) is 0 Å². The molecule has 0 spiro atoms. The number of halogens is 4. The van der Waals surface area contributed by atoms with E-state index in [0.717, 1.165) is 12.8 Å². The standard InChI is InChI=1S/C21H25.C13H9.2C12H11.2C3H6.4ClH.2Zr/c1-20(2,3)16-7-9-18-14(12-16)11-15-13-17(21(4,5)6)8-10-19(15)18;1-3-7-12-10(5-1)9-11-6-2-4-8-13(11)12;2*1-10-7-8-12(9-10)11-5-3-2-4-6-11;2*1-3-2;;;;;;/h7-10,12H,11H2,1-6H3;1-5,7-8H,9H2;2*2-9H,1H3;2*1-2H3;4*1H;;/q4*-1;;;;;;;2*+2. The second-order valence-corrected chi connectivity index (χ2v) is 24.7. The van der Waals surface area contributed by atoms with E-state index in [4.69, 9.17) is 0 Å². The smallest absolute Gasteiger partial charge is 0.0253 e. The Kier molecular flexibility index (Phi) is 28.3. The Morgan fingerprint density at radius 2 is 0.886 bits per heavy atom. The van der Waals surface area contributed by atoms with E-state index in [1.54, 1.807) is 48.5 Å². The predicted molar refractivity (Wildman–Crippen MR) is 311 cm³/mol. The normalized spacial score (nSPS) is 10.7. The van der Waals surface area contributed by atoms with Crippen LogP contribution in [0.25, 0.3) is 44.5 Å². The first-order valence-corrected chi connectivity index (χ1v) is 25.6. The van der Waals surface area contributed by atoms with Crippen molar-refractivity contribution < 1.29 is 48.5 Å². The van der Waals surface area contributed by atoms with Gasteiger partial charge in [-0.25, -0.2) is 12.1 Å². The second-order valence-electron chi connectivity index (χ2n) is 19.8. The molecule has 0 heterocycles. The van der Waals surface area contributed by atoms with Crippen LogP contribution in [-0.2, 0) is 72.1 Å². The molecule has 6 heteroatoms. The summed E-state index contributed by atoms with van der Waals surface area (Å²) in [6, 6.07) is 67.2. The Morgan fingerprint density at radius 3 is 1.36 bits per heavy atom. The molecule has 0 saturated carbocycles. The van der Waals surface area contributed by atoms with E-state index in [9.17, 15) is 0 Å². The molecule has 0 unspecified atom stereocenters. The zero-order chi connectivity index (χ0) is 48.0. The molecule has 0 aliphatic heterocycles. The molecule has 0 radical (unpaired) electrons. The number of hydrogen-bond acceptors (Lipinski definition) is 0. The quantitative estimate of drug-likeness (QED) is 0.151. The average Bonchev–Trinajstić information content (AvgIpc) is 4.08. The number of aryl methyl sites for hydroxylation is 2. The van der Waals surface area contributed by atoms with Crippen molar-refractivity contribution in [3.8, 4) is 44.5 Å². The number of benzene rings is 6. The summed E-state index contributed by atoms with van der Waals surface area (Å²) in [5.74, 6) is 0. The van der Waals surface area contributed by atoms with Gasteiger partial charge in [0.1, 0.15) is 0 Å². The Morgan fingerprint density at radius 1 is 0.457 bits per heavy atom. The summed E-state index contributed by atoms with van der Waals surface area (Å²) < 4.78 is 3.01. The molecular formula is C64H72Cl4Zr2. The van der Waals surface area contributed by atoms with Crippen LogP contribution in [0.5, 0.6) is 0 Å². The summed E-state index contributed by atoms with van der Waals surface area (Å²) in [5.41, 5.74) is 22.1. The van der Waals surface area contributed by atoms with Crippen LogP contribution in [-0.4, -0.2) is 6.41 Å². The Labute approximate surface area is 477 Å². The van der Waals surface area contributed by atoms with Crippen LogP contribution in [0.3, 0.4) is 0 Å². The second kappa shape index (κ2) is 30.7. The summed E-state index contributed by atoms with van der Waals surface area (Å²) >= 11 is 3.11. The summed E-state index contributed by atoms with van der Waals surface area (Å²) in [6.45, 7) is 26.3. The molecule has 2 aliphatic carbocycles. The van der Waals surface area contributed by atoms with E-state index >= 15 is 0 Å². The first-order valence-electron chi connectivity index (χ1n) is 23.2. The average molecular weight is 1170 g/mol. The topological polar surface area (TPSA) is 0 Å². The molecule has 0 saturated heterocycles. The monoisotopic (exact) mass is 1160 g/mol. The van der Waals surface area contributed by atoms with Crippen molar-refractivity contribution in [2.45, 2.75) is 107 Å². The van der Waals surface area contributed by atoms with E-state index in [0.29, 0.717) is 0 Å². The van der Waals surface area contributed by atoms with Crippen molar-refractivity contribution >= 4 is 56.0 Å². The number of rotatable bonds is 2. The SMILES string of the molecule is CC(C)(C)c1[c-]c2c(cc1)-c1ccc(C(C)(C)C)cc1C2.C[C](C)=[Zr+2].C[C](C)=[Zr+2].Cc1cc(-c2ccccc2)c[cH-]1.Cc1cc(-c2ccccc2)c[cH-]1.Cl.Cl.Cl.Cl.[c-]1cccc2c1Cc1ccccc1-2. The van der Waals surface area contributed by atoms with E-state index < -0.39 is 0 Å². The Hall–Kier alpha value is -3.31. The molecule has 0 fully saturated rings. The van der Waals surface area contributed by atoms with Gasteiger partial charge in [-0.2, -0.15) is 100 Å².